The van der Waals surface area contributed by atoms with E-state index in [-0.39, 0.29) is 17.4 Å². The molecule has 1 saturated heterocycles. The minimum Gasteiger partial charge on any atom is -0.507 e. The number of carbonyl (C=O) groups is 2. The zero-order valence-electron chi connectivity index (χ0n) is 25.1. The van der Waals surface area contributed by atoms with Gasteiger partial charge in [0.15, 0.2) is 16.6 Å². The average Bonchev–Trinajstić information content (AvgIpc) is 3.70. The number of anilines is 1. The molecule has 2 aliphatic rings. The SMILES string of the molecule is CCCCCOc1ccc([C@H]2/C(=C(\O)c3ccc4c(c3)C[C@@H](C)O4)C(=O)C(=O)N2c2nc3ccc(OC)cc3s2)cc1OC. The maximum absolute atomic E-state index is 13.8. The van der Waals surface area contributed by atoms with Gasteiger partial charge in [0, 0.05) is 12.0 Å². The van der Waals surface area contributed by atoms with E-state index in [1.54, 1.807) is 56.7 Å². The van der Waals surface area contributed by atoms with E-state index in [0.717, 1.165) is 35.3 Å². The van der Waals surface area contributed by atoms with Gasteiger partial charge in [-0.15, -0.1) is 0 Å². The lowest BCUT2D eigenvalue weighted by molar-refractivity contribution is -0.132. The Bertz CT molecular complexity index is 1780. The Morgan fingerprint density at radius 3 is 2.66 bits per heavy atom. The van der Waals surface area contributed by atoms with Gasteiger partial charge in [-0.05, 0) is 73.0 Å². The molecule has 6 rings (SSSR count). The second kappa shape index (κ2) is 12.2. The first-order valence-electron chi connectivity index (χ1n) is 14.7. The summed E-state index contributed by atoms with van der Waals surface area (Å²) in [5, 5.41) is 12.0. The van der Waals surface area contributed by atoms with E-state index >= 15 is 0 Å². The molecular formula is C34H34N2O7S. The Hall–Kier alpha value is -4.57. The van der Waals surface area contributed by atoms with Crippen LogP contribution in [0.5, 0.6) is 23.0 Å². The number of unbranched alkanes of at least 4 members (excludes halogenated alkanes) is 2. The predicted octanol–water partition coefficient (Wildman–Crippen LogP) is 6.83. The highest BCUT2D eigenvalue weighted by Crippen LogP contribution is 2.46. The number of aliphatic hydroxyl groups is 1. The van der Waals surface area contributed by atoms with Crippen LogP contribution in [0.4, 0.5) is 5.13 Å². The second-order valence-electron chi connectivity index (χ2n) is 10.9. The van der Waals surface area contributed by atoms with Crippen LogP contribution in [0.3, 0.4) is 0 Å². The predicted molar refractivity (Wildman–Crippen MR) is 169 cm³/mol. The molecule has 1 amide bonds. The van der Waals surface area contributed by atoms with Gasteiger partial charge in [0.1, 0.15) is 23.4 Å². The molecule has 3 heterocycles. The van der Waals surface area contributed by atoms with Crippen molar-refractivity contribution in [2.75, 3.05) is 25.7 Å². The summed E-state index contributed by atoms with van der Waals surface area (Å²) in [5.41, 5.74) is 2.56. The molecule has 228 valence electrons. The van der Waals surface area contributed by atoms with Gasteiger partial charge in [0.25, 0.3) is 5.78 Å². The normalized spacial score (nSPS) is 18.9. The number of fused-ring (bicyclic) bond motifs is 2. The molecule has 0 unspecified atom stereocenters. The van der Waals surface area contributed by atoms with E-state index in [1.165, 1.54) is 16.2 Å². The quantitative estimate of drug-likeness (QED) is 0.0896. The third-order valence-corrected chi connectivity index (χ3v) is 8.93. The minimum absolute atomic E-state index is 0.0146. The molecule has 0 saturated carbocycles. The van der Waals surface area contributed by atoms with Crippen LogP contribution in [0, 0.1) is 0 Å². The number of rotatable bonds is 10. The van der Waals surface area contributed by atoms with E-state index < -0.39 is 17.7 Å². The summed E-state index contributed by atoms with van der Waals surface area (Å²) in [7, 11) is 3.13. The summed E-state index contributed by atoms with van der Waals surface area (Å²) in [6.45, 7) is 4.64. The largest absolute Gasteiger partial charge is 0.507 e. The van der Waals surface area contributed by atoms with Crippen molar-refractivity contribution >= 4 is 44.1 Å². The van der Waals surface area contributed by atoms with Crippen molar-refractivity contribution < 1.29 is 33.6 Å². The van der Waals surface area contributed by atoms with Crippen LogP contribution in [0.15, 0.2) is 60.2 Å². The minimum atomic E-state index is -0.969. The topological polar surface area (TPSA) is 107 Å². The smallest absolute Gasteiger partial charge is 0.301 e. The molecule has 3 aromatic carbocycles. The molecule has 0 bridgehead atoms. The standard InChI is InChI=1S/C34H34N2O7S/c1-5-6-7-14-42-26-13-8-20(17-27(26)41-4)30-29(31(37)21-9-12-25-22(16-21)15-19(2)43-25)32(38)33(39)36(30)34-35-24-11-10-23(40-3)18-28(24)44-34/h8-13,16-19,30,37H,5-7,14-15H2,1-4H3/b31-29+/t19-,30+/m1/s1. The first kappa shape index (κ1) is 29.5. The number of amides is 1. The lowest BCUT2D eigenvalue weighted by Gasteiger charge is -2.24. The van der Waals surface area contributed by atoms with Crippen molar-refractivity contribution in [3.8, 4) is 23.0 Å². The summed E-state index contributed by atoms with van der Waals surface area (Å²) in [4.78, 5) is 33.6. The number of ether oxygens (including phenoxy) is 4. The molecule has 2 atom stereocenters. The third kappa shape index (κ3) is 5.34. The lowest BCUT2D eigenvalue weighted by Crippen LogP contribution is -2.29. The van der Waals surface area contributed by atoms with Crippen molar-refractivity contribution in [1.82, 2.24) is 4.98 Å². The molecule has 1 N–H and O–H groups in total. The second-order valence-corrected chi connectivity index (χ2v) is 11.9. The molecule has 0 spiro atoms. The zero-order chi connectivity index (χ0) is 31.0. The van der Waals surface area contributed by atoms with Gasteiger partial charge in [0.2, 0.25) is 0 Å². The van der Waals surface area contributed by atoms with Crippen LogP contribution in [-0.2, 0) is 16.0 Å². The number of benzene rings is 3. The molecule has 1 aromatic heterocycles. The number of thiazole rings is 1. The fraction of sp³-hybridized carbons (Fsp3) is 0.324. The monoisotopic (exact) mass is 614 g/mol. The number of hydrogen-bond donors (Lipinski definition) is 1. The number of Topliss-reactive ketones (excluding diaryl/α,β-unsaturated/α-hetero) is 1. The van der Waals surface area contributed by atoms with Crippen LogP contribution in [0.2, 0.25) is 0 Å². The molecule has 4 aromatic rings. The Balaban J connectivity index is 1.48. The van der Waals surface area contributed by atoms with E-state index in [9.17, 15) is 14.7 Å². The Morgan fingerprint density at radius 1 is 1.05 bits per heavy atom. The Labute approximate surface area is 259 Å². The molecule has 9 nitrogen and oxygen atoms in total. The summed E-state index contributed by atoms with van der Waals surface area (Å²) in [6.07, 6.45) is 3.74. The number of methoxy groups -OCH3 is 2. The van der Waals surface area contributed by atoms with Gasteiger partial charge in [-0.1, -0.05) is 37.2 Å². The molecule has 0 radical (unpaired) electrons. The van der Waals surface area contributed by atoms with Crippen LogP contribution in [-0.4, -0.2) is 48.7 Å². The van der Waals surface area contributed by atoms with Crippen LogP contribution in [0.25, 0.3) is 16.0 Å². The highest BCUT2D eigenvalue weighted by Gasteiger charge is 2.48. The van der Waals surface area contributed by atoms with Gasteiger partial charge >= 0.3 is 5.91 Å². The van der Waals surface area contributed by atoms with Gasteiger partial charge < -0.3 is 24.1 Å². The maximum atomic E-state index is 13.8. The number of carbonyl (C=O) groups excluding carboxylic acids is 2. The van der Waals surface area contributed by atoms with Crippen molar-refractivity contribution in [3.63, 3.8) is 0 Å². The van der Waals surface area contributed by atoms with E-state index in [4.69, 9.17) is 23.9 Å². The molecular weight excluding hydrogens is 580 g/mol. The Morgan fingerprint density at radius 2 is 1.89 bits per heavy atom. The third-order valence-electron chi connectivity index (χ3n) is 7.91. The molecule has 10 heteroatoms. The van der Waals surface area contributed by atoms with E-state index in [2.05, 4.69) is 6.92 Å². The number of hydrogen-bond acceptors (Lipinski definition) is 9. The molecule has 44 heavy (non-hydrogen) atoms. The van der Waals surface area contributed by atoms with Crippen molar-refractivity contribution in [2.45, 2.75) is 51.7 Å². The molecule has 2 aliphatic heterocycles. The van der Waals surface area contributed by atoms with Crippen molar-refractivity contribution in [2.24, 2.45) is 0 Å². The van der Waals surface area contributed by atoms with E-state index in [0.29, 0.717) is 52.1 Å². The van der Waals surface area contributed by atoms with E-state index in [1.807, 2.05) is 19.1 Å². The number of nitrogens with zero attached hydrogens (tertiary/aromatic N) is 2. The summed E-state index contributed by atoms with van der Waals surface area (Å²) in [6, 6.07) is 15.1. The average molecular weight is 615 g/mol. The van der Waals surface area contributed by atoms with Gasteiger partial charge in [-0.2, -0.15) is 0 Å². The van der Waals surface area contributed by atoms with Crippen LogP contribution in [0.1, 0.15) is 55.8 Å². The molecule has 0 aliphatic carbocycles. The lowest BCUT2D eigenvalue weighted by atomic mass is 9.94. The van der Waals surface area contributed by atoms with Gasteiger partial charge in [-0.25, -0.2) is 4.98 Å². The zero-order valence-corrected chi connectivity index (χ0v) is 25.9. The van der Waals surface area contributed by atoms with Crippen molar-refractivity contribution in [3.05, 3.63) is 76.9 Å². The Kier molecular flexibility index (Phi) is 8.18. The summed E-state index contributed by atoms with van der Waals surface area (Å²) in [5.74, 6) is 0.579. The maximum Gasteiger partial charge on any atom is 0.301 e. The van der Waals surface area contributed by atoms with Crippen LogP contribution >= 0.6 is 11.3 Å². The molecule has 1 fully saturated rings. The first-order chi connectivity index (χ1) is 21.3. The fourth-order valence-electron chi connectivity index (χ4n) is 5.70. The fourth-order valence-corrected chi connectivity index (χ4v) is 6.72. The van der Waals surface area contributed by atoms with Gasteiger partial charge in [0.05, 0.1) is 42.7 Å². The number of aromatic nitrogens is 1. The number of ketones is 1. The highest BCUT2D eigenvalue weighted by molar-refractivity contribution is 7.22. The summed E-state index contributed by atoms with van der Waals surface area (Å²) >= 11 is 1.27. The first-order valence-corrected chi connectivity index (χ1v) is 15.5. The highest BCUT2D eigenvalue weighted by atomic mass is 32.1. The van der Waals surface area contributed by atoms with Crippen LogP contribution < -0.4 is 23.8 Å². The summed E-state index contributed by atoms with van der Waals surface area (Å²) < 4.78 is 23.7. The van der Waals surface area contributed by atoms with Crippen molar-refractivity contribution in [1.29, 1.82) is 0 Å². The van der Waals surface area contributed by atoms with Gasteiger partial charge in [-0.3, -0.25) is 14.5 Å². The number of aliphatic hydroxyl groups excluding tert-OH is 1.